The molecular formula is C14H26N2O2. The monoisotopic (exact) mass is 254 g/mol. The number of nitrogens with two attached hydrogens (primary N) is 1. The van der Waals surface area contributed by atoms with Crippen molar-refractivity contribution in [2.45, 2.75) is 71.4 Å². The van der Waals surface area contributed by atoms with Crippen LogP contribution >= 0.6 is 0 Å². The third-order valence-electron chi connectivity index (χ3n) is 4.33. The van der Waals surface area contributed by atoms with E-state index in [0.29, 0.717) is 5.92 Å². The van der Waals surface area contributed by atoms with Crippen molar-refractivity contribution in [1.82, 2.24) is 4.90 Å². The van der Waals surface area contributed by atoms with Gasteiger partial charge in [0.25, 0.3) is 0 Å². The van der Waals surface area contributed by atoms with E-state index in [1.807, 2.05) is 13.8 Å². The standard InChI is InChI=1S/C14H26N2O2/c1-10(17)16(11(2)18)13(3,4)12-6-8-14(5,15)9-7-12/h12H,6-9,15H2,1-5H3. The van der Waals surface area contributed by atoms with E-state index in [-0.39, 0.29) is 17.4 Å². The predicted octanol–water partition coefficient (Wildman–Crippen LogP) is 2.07. The number of nitrogens with zero attached hydrogens (tertiary/aromatic N) is 1. The summed E-state index contributed by atoms with van der Waals surface area (Å²) in [5.74, 6) is -0.0101. The normalized spacial score (nSPS) is 28.9. The van der Waals surface area contributed by atoms with Crippen molar-refractivity contribution < 1.29 is 9.59 Å². The van der Waals surface area contributed by atoms with E-state index in [0.717, 1.165) is 25.7 Å². The number of hydrogen-bond donors (Lipinski definition) is 1. The predicted molar refractivity (Wildman–Crippen MR) is 71.8 cm³/mol. The highest BCUT2D eigenvalue weighted by molar-refractivity contribution is 5.93. The summed E-state index contributed by atoms with van der Waals surface area (Å²) >= 11 is 0. The lowest BCUT2D eigenvalue weighted by Gasteiger charge is -2.46. The molecule has 0 spiro atoms. The third-order valence-corrected chi connectivity index (χ3v) is 4.33. The smallest absolute Gasteiger partial charge is 0.226 e. The maximum Gasteiger partial charge on any atom is 0.226 e. The lowest BCUT2D eigenvalue weighted by Crippen LogP contribution is -2.56. The summed E-state index contributed by atoms with van der Waals surface area (Å²) < 4.78 is 0. The van der Waals surface area contributed by atoms with Crippen molar-refractivity contribution in [3.8, 4) is 0 Å². The first kappa shape index (κ1) is 15.2. The maximum absolute atomic E-state index is 11.7. The first-order chi connectivity index (χ1) is 8.08. The molecule has 18 heavy (non-hydrogen) atoms. The van der Waals surface area contributed by atoms with Gasteiger partial charge in [-0.3, -0.25) is 14.5 Å². The topological polar surface area (TPSA) is 63.4 Å². The van der Waals surface area contributed by atoms with Crippen LogP contribution in [-0.4, -0.2) is 27.8 Å². The van der Waals surface area contributed by atoms with Gasteiger partial charge in [0.2, 0.25) is 11.8 Å². The Morgan fingerprint density at radius 1 is 1.17 bits per heavy atom. The molecule has 1 aliphatic carbocycles. The summed E-state index contributed by atoms with van der Waals surface area (Å²) in [4.78, 5) is 24.8. The minimum atomic E-state index is -0.422. The molecule has 0 aromatic heterocycles. The number of rotatable bonds is 2. The molecular weight excluding hydrogens is 228 g/mol. The summed E-state index contributed by atoms with van der Waals surface area (Å²) in [6, 6.07) is 0. The molecule has 4 nitrogen and oxygen atoms in total. The van der Waals surface area contributed by atoms with E-state index in [1.165, 1.54) is 18.7 Å². The fourth-order valence-corrected chi connectivity index (χ4v) is 3.20. The zero-order valence-electron chi connectivity index (χ0n) is 12.2. The highest BCUT2D eigenvalue weighted by Gasteiger charge is 2.42. The molecule has 2 amide bonds. The van der Waals surface area contributed by atoms with Crippen LogP contribution in [0, 0.1) is 5.92 Å². The zero-order valence-corrected chi connectivity index (χ0v) is 12.2. The van der Waals surface area contributed by atoms with E-state index in [2.05, 4.69) is 6.92 Å². The van der Waals surface area contributed by atoms with Crippen molar-refractivity contribution >= 4 is 11.8 Å². The second kappa shape index (κ2) is 5.00. The number of hydrogen-bond acceptors (Lipinski definition) is 3. The van der Waals surface area contributed by atoms with E-state index < -0.39 is 5.54 Å². The zero-order chi connectivity index (χ0) is 14.1. The number of imide groups is 1. The highest BCUT2D eigenvalue weighted by Crippen LogP contribution is 2.39. The summed E-state index contributed by atoms with van der Waals surface area (Å²) in [5.41, 5.74) is 5.62. The summed E-state index contributed by atoms with van der Waals surface area (Å²) in [7, 11) is 0. The SMILES string of the molecule is CC(=O)N(C(C)=O)C(C)(C)C1CCC(C)(N)CC1. The fraction of sp³-hybridized carbons (Fsp3) is 0.857. The van der Waals surface area contributed by atoms with Crippen molar-refractivity contribution in [3.05, 3.63) is 0 Å². The molecule has 104 valence electrons. The Hall–Kier alpha value is -0.900. The molecule has 0 heterocycles. The van der Waals surface area contributed by atoms with Gasteiger partial charge in [-0.1, -0.05) is 0 Å². The van der Waals surface area contributed by atoms with Gasteiger partial charge in [-0.15, -0.1) is 0 Å². The quantitative estimate of drug-likeness (QED) is 0.820. The van der Waals surface area contributed by atoms with Crippen molar-refractivity contribution in [1.29, 1.82) is 0 Å². The molecule has 1 fully saturated rings. The molecule has 0 bridgehead atoms. The van der Waals surface area contributed by atoms with E-state index in [1.54, 1.807) is 0 Å². The number of carbonyl (C=O) groups is 2. The van der Waals surface area contributed by atoms with E-state index >= 15 is 0 Å². The van der Waals surface area contributed by atoms with Gasteiger partial charge in [-0.25, -0.2) is 0 Å². The molecule has 0 aliphatic heterocycles. The molecule has 0 aromatic carbocycles. The van der Waals surface area contributed by atoms with E-state index in [9.17, 15) is 9.59 Å². The highest BCUT2D eigenvalue weighted by atomic mass is 16.2. The van der Waals surface area contributed by atoms with Gasteiger partial charge < -0.3 is 5.73 Å². The molecule has 0 aromatic rings. The second-order valence-corrected chi connectivity index (χ2v) is 6.46. The molecule has 1 saturated carbocycles. The second-order valence-electron chi connectivity index (χ2n) is 6.46. The average molecular weight is 254 g/mol. The minimum absolute atomic E-state index is 0.0934. The molecule has 2 N–H and O–H groups in total. The van der Waals surface area contributed by atoms with Gasteiger partial charge in [-0.2, -0.15) is 0 Å². The summed E-state index contributed by atoms with van der Waals surface area (Å²) in [6.07, 6.45) is 3.84. The van der Waals surface area contributed by atoms with Crippen molar-refractivity contribution in [2.75, 3.05) is 0 Å². The molecule has 0 unspecified atom stereocenters. The largest absolute Gasteiger partial charge is 0.325 e. The maximum atomic E-state index is 11.7. The van der Waals surface area contributed by atoms with Crippen LogP contribution in [0.5, 0.6) is 0 Å². The van der Waals surface area contributed by atoms with Gasteiger partial charge >= 0.3 is 0 Å². The van der Waals surface area contributed by atoms with Crippen LogP contribution in [0.4, 0.5) is 0 Å². The van der Waals surface area contributed by atoms with Crippen LogP contribution < -0.4 is 5.73 Å². The molecule has 0 radical (unpaired) electrons. The van der Waals surface area contributed by atoms with Gasteiger partial charge in [-0.05, 0) is 52.4 Å². The van der Waals surface area contributed by atoms with Crippen LogP contribution in [0.3, 0.4) is 0 Å². The van der Waals surface area contributed by atoms with Gasteiger partial charge in [0.05, 0.1) is 0 Å². The molecule has 0 saturated heterocycles. The lowest BCUT2D eigenvalue weighted by atomic mass is 9.70. The first-order valence-corrected chi connectivity index (χ1v) is 6.68. The summed E-state index contributed by atoms with van der Waals surface area (Å²) in [6.45, 7) is 8.96. The van der Waals surface area contributed by atoms with Gasteiger partial charge in [0, 0.05) is 24.9 Å². The van der Waals surface area contributed by atoms with Crippen molar-refractivity contribution in [3.63, 3.8) is 0 Å². The Bertz CT molecular complexity index is 324. The Kier molecular flexibility index (Phi) is 4.21. The average Bonchev–Trinajstić information content (AvgIpc) is 2.14. The number of amides is 2. The van der Waals surface area contributed by atoms with Gasteiger partial charge in [0.1, 0.15) is 0 Å². The Balaban J connectivity index is 2.86. The molecule has 1 rings (SSSR count). The number of carbonyl (C=O) groups excluding carboxylic acids is 2. The van der Waals surface area contributed by atoms with Crippen LogP contribution in [0.1, 0.15) is 60.3 Å². The molecule has 4 heteroatoms. The van der Waals surface area contributed by atoms with Crippen LogP contribution in [0.2, 0.25) is 0 Å². The Morgan fingerprint density at radius 2 is 1.56 bits per heavy atom. The summed E-state index contributed by atoms with van der Waals surface area (Å²) in [5, 5.41) is 0. The third kappa shape index (κ3) is 3.10. The van der Waals surface area contributed by atoms with Crippen LogP contribution in [0.15, 0.2) is 0 Å². The fourth-order valence-electron chi connectivity index (χ4n) is 3.20. The molecule has 0 atom stereocenters. The first-order valence-electron chi connectivity index (χ1n) is 6.68. The van der Waals surface area contributed by atoms with Gasteiger partial charge in [0.15, 0.2) is 0 Å². The van der Waals surface area contributed by atoms with E-state index in [4.69, 9.17) is 5.73 Å². The minimum Gasteiger partial charge on any atom is -0.325 e. The Labute approximate surface area is 110 Å². The van der Waals surface area contributed by atoms with Crippen LogP contribution in [0.25, 0.3) is 0 Å². The van der Waals surface area contributed by atoms with Crippen LogP contribution in [-0.2, 0) is 9.59 Å². The lowest BCUT2D eigenvalue weighted by molar-refractivity contribution is -0.151. The molecule has 1 aliphatic rings. The van der Waals surface area contributed by atoms with Crippen molar-refractivity contribution in [2.24, 2.45) is 11.7 Å². The Morgan fingerprint density at radius 3 is 1.89 bits per heavy atom.